The summed E-state index contributed by atoms with van der Waals surface area (Å²) in [6.07, 6.45) is 4.58. The third kappa shape index (κ3) is 4.68. The van der Waals surface area contributed by atoms with Crippen molar-refractivity contribution < 1.29 is 0 Å². The lowest BCUT2D eigenvalue weighted by Gasteiger charge is -2.31. The van der Waals surface area contributed by atoms with Crippen LogP contribution in [0.15, 0.2) is 36.7 Å². The summed E-state index contributed by atoms with van der Waals surface area (Å²) in [5.41, 5.74) is 11.3. The molecule has 0 atom stereocenters. The van der Waals surface area contributed by atoms with Crippen molar-refractivity contribution in [3.63, 3.8) is 0 Å². The molecule has 0 N–H and O–H groups in total. The van der Waals surface area contributed by atoms with E-state index in [0.717, 1.165) is 6.67 Å². The van der Waals surface area contributed by atoms with Gasteiger partial charge in [-0.1, -0.05) is 90.8 Å². The first-order valence-corrected chi connectivity index (χ1v) is 12.0. The van der Waals surface area contributed by atoms with E-state index in [1.165, 1.54) is 44.8 Å². The number of hydrogen-bond donors (Lipinski definition) is 0. The SMILES string of the molecule is Cc1cc(C(C)C)c(N2C=CN(c3c(C(C)C)cc(C)cc3C(C)C)C2)c(C(C)C)c1. The maximum absolute atomic E-state index is 2.47. The number of benzene rings is 2. The van der Waals surface area contributed by atoms with Gasteiger partial charge in [0.1, 0.15) is 0 Å². The van der Waals surface area contributed by atoms with Gasteiger partial charge in [-0.15, -0.1) is 0 Å². The standard InChI is InChI=1S/C29H42N2/c1-18(2)24-13-22(9)14-25(19(3)4)28(24)30-11-12-31(17-30)29-26(20(5)6)15-23(10)16-27(29)21(7)8/h11-16,18-21H,17H2,1-10H3. The molecule has 0 aromatic heterocycles. The Morgan fingerprint density at radius 1 is 0.516 bits per heavy atom. The summed E-state index contributed by atoms with van der Waals surface area (Å²) < 4.78 is 0. The van der Waals surface area contributed by atoms with E-state index in [-0.39, 0.29) is 0 Å². The second-order valence-electron chi connectivity index (χ2n) is 10.6. The smallest absolute Gasteiger partial charge is 0.0989 e. The molecule has 0 aliphatic carbocycles. The van der Waals surface area contributed by atoms with Gasteiger partial charge in [-0.25, -0.2) is 0 Å². The van der Waals surface area contributed by atoms with E-state index >= 15 is 0 Å². The molecule has 0 bridgehead atoms. The van der Waals surface area contributed by atoms with Crippen molar-refractivity contribution in [3.8, 4) is 0 Å². The van der Waals surface area contributed by atoms with Gasteiger partial charge in [0.05, 0.1) is 6.67 Å². The lowest BCUT2D eigenvalue weighted by molar-refractivity contribution is 0.800. The Labute approximate surface area is 191 Å². The van der Waals surface area contributed by atoms with Crippen LogP contribution >= 0.6 is 0 Å². The average molecular weight is 419 g/mol. The largest absolute Gasteiger partial charge is 0.327 e. The molecule has 1 aliphatic heterocycles. The number of nitrogens with zero attached hydrogens (tertiary/aromatic N) is 2. The molecule has 168 valence electrons. The van der Waals surface area contributed by atoms with Crippen molar-refractivity contribution >= 4 is 11.4 Å². The normalized spacial score (nSPS) is 14.3. The molecule has 0 amide bonds. The molecule has 0 radical (unpaired) electrons. The van der Waals surface area contributed by atoms with E-state index in [0.29, 0.717) is 23.7 Å². The molecule has 2 aromatic carbocycles. The van der Waals surface area contributed by atoms with Crippen LogP contribution in [0.25, 0.3) is 0 Å². The number of anilines is 2. The summed E-state index contributed by atoms with van der Waals surface area (Å²) >= 11 is 0. The van der Waals surface area contributed by atoms with Gasteiger partial charge in [-0.3, -0.25) is 0 Å². The van der Waals surface area contributed by atoms with Crippen LogP contribution in [0.2, 0.25) is 0 Å². The van der Waals surface area contributed by atoms with E-state index in [4.69, 9.17) is 0 Å². The van der Waals surface area contributed by atoms with Gasteiger partial charge >= 0.3 is 0 Å². The molecule has 31 heavy (non-hydrogen) atoms. The van der Waals surface area contributed by atoms with E-state index < -0.39 is 0 Å². The first-order valence-electron chi connectivity index (χ1n) is 12.0. The van der Waals surface area contributed by atoms with E-state index in [9.17, 15) is 0 Å². The van der Waals surface area contributed by atoms with Crippen LogP contribution in [0.5, 0.6) is 0 Å². The highest BCUT2D eigenvalue weighted by Gasteiger charge is 2.27. The van der Waals surface area contributed by atoms with Crippen LogP contribution in [-0.4, -0.2) is 6.67 Å². The van der Waals surface area contributed by atoms with Crippen molar-refractivity contribution in [3.05, 3.63) is 70.0 Å². The Hall–Kier alpha value is -2.22. The highest BCUT2D eigenvalue weighted by atomic mass is 15.3. The second-order valence-corrected chi connectivity index (χ2v) is 10.6. The maximum atomic E-state index is 2.47. The zero-order valence-corrected chi connectivity index (χ0v) is 21.4. The molecule has 0 unspecified atom stereocenters. The van der Waals surface area contributed by atoms with Gasteiger partial charge in [0, 0.05) is 23.8 Å². The minimum absolute atomic E-state index is 0.492. The molecule has 2 aromatic rings. The molecule has 0 saturated heterocycles. The fourth-order valence-electron chi connectivity index (χ4n) is 4.80. The first kappa shape index (κ1) is 23.4. The highest BCUT2D eigenvalue weighted by Crippen LogP contribution is 2.41. The summed E-state index contributed by atoms with van der Waals surface area (Å²) in [5.74, 6) is 1.97. The van der Waals surface area contributed by atoms with Gasteiger partial charge in [0.15, 0.2) is 0 Å². The summed E-state index contributed by atoms with van der Waals surface area (Å²) in [4.78, 5) is 4.94. The van der Waals surface area contributed by atoms with Crippen LogP contribution < -0.4 is 9.80 Å². The fourth-order valence-corrected chi connectivity index (χ4v) is 4.80. The van der Waals surface area contributed by atoms with Crippen LogP contribution in [0, 0.1) is 13.8 Å². The lowest BCUT2D eigenvalue weighted by atomic mass is 9.89. The van der Waals surface area contributed by atoms with Crippen LogP contribution in [0.4, 0.5) is 11.4 Å². The Balaban J connectivity index is 2.10. The summed E-state index contributed by atoms with van der Waals surface area (Å²) in [6, 6.07) is 9.53. The summed E-state index contributed by atoms with van der Waals surface area (Å²) in [6.45, 7) is 23.8. The van der Waals surface area contributed by atoms with Crippen LogP contribution in [-0.2, 0) is 0 Å². The van der Waals surface area contributed by atoms with Gasteiger partial charge in [0.2, 0.25) is 0 Å². The van der Waals surface area contributed by atoms with E-state index in [1.807, 2.05) is 0 Å². The fraction of sp³-hybridized carbons (Fsp3) is 0.517. The predicted molar refractivity (Wildman–Crippen MR) is 138 cm³/mol. The quantitative estimate of drug-likeness (QED) is 0.463. The number of aryl methyl sites for hydroxylation is 2. The summed E-state index contributed by atoms with van der Waals surface area (Å²) in [7, 11) is 0. The van der Waals surface area contributed by atoms with Crippen molar-refractivity contribution in [1.82, 2.24) is 0 Å². The predicted octanol–water partition coefficient (Wildman–Crippen LogP) is 8.55. The zero-order chi connectivity index (χ0) is 23.0. The van der Waals surface area contributed by atoms with E-state index in [1.54, 1.807) is 0 Å². The number of hydrogen-bond acceptors (Lipinski definition) is 2. The molecule has 3 rings (SSSR count). The van der Waals surface area contributed by atoms with Crippen LogP contribution in [0.1, 0.15) is 112 Å². The molecular formula is C29H42N2. The molecular weight excluding hydrogens is 376 g/mol. The minimum Gasteiger partial charge on any atom is -0.327 e. The Bertz CT molecular complexity index is 827. The van der Waals surface area contributed by atoms with Gasteiger partial charge in [-0.2, -0.15) is 0 Å². The van der Waals surface area contributed by atoms with Crippen LogP contribution in [0.3, 0.4) is 0 Å². The Morgan fingerprint density at radius 3 is 1.00 bits per heavy atom. The number of rotatable bonds is 6. The molecule has 2 nitrogen and oxygen atoms in total. The molecule has 2 heteroatoms. The Morgan fingerprint density at radius 2 is 0.774 bits per heavy atom. The van der Waals surface area contributed by atoms with E-state index in [2.05, 4.69) is 116 Å². The monoisotopic (exact) mass is 418 g/mol. The van der Waals surface area contributed by atoms with Gasteiger partial charge in [0.25, 0.3) is 0 Å². The second kappa shape index (κ2) is 9.10. The van der Waals surface area contributed by atoms with Crippen molar-refractivity contribution in [2.24, 2.45) is 0 Å². The first-order chi connectivity index (χ1) is 14.5. The zero-order valence-electron chi connectivity index (χ0n) is 21.4. The highest BCUT2D eigenvalue weighted by molar-refractivity contribution is 5.71. The van der Waals surface area contributed by atoms with Gasteiger partial charge < -0.3 is 9.80 Å². The average Bonchev–Trinajstić information content (AvgIpc) is 3.15. The third-order valence-electron chi connectivity index (χ3n) is 6.42. The molecule has 1 aliphatic rings. The molecule has 1 heterocycles. The van der Waals surface area contributed by atoms with Crippen molar-refractivity contribution in [1.29, 1.82) is 0 Å². The molecule has 0 saturated carbocycles. The minimum atomic E-state index is 0.492. The van der Waals surface area contributed by atoms with Crippen molar-refractivity contribution in [2.45, 2.75) is 92.9 Å². The molecule has 0 fully saturated rings. The maximum Gasteiger partial charge on any atom is 0.0989 e. The van der Waals surface area contributed by atoms with Crippen molar-refractivity contribution in [2.75, 3.05) is 16.5 Å². The van der Waals surface area contributed by atoms with Gasteiger partial charge in [-0.05, 0) is 59.8 Å². The third-order valence-corrected chi connectivity index (χ3v) is 6.42. The molecule has 0 spiro atoms. The summed E-state index contributed by atoms with van der Waals surface area (Å²) in [5, 5.41) is 0. The lowest BCUT2D eigenvalue weighted by Crippen LogP contribution is -2.28. The topological polar surface area (TPSA) is 6.48 Å². The Kier molecular flexibility index (Phi) is 6.88.